The zero-order chi connectivity index (χ0) is 18.1. The second-order valence-electron chi connectivity index (χ2n) is 6.67. The molecule has 1 saturated carbocycles. The first-order chi connectivity index (χ1) is 12.0. The van der Waals surface area contributed by atoms with Crippen LogP contribution in [0.4, 0.5) is 0 Å². The second-order valence-corrected chi connectivity index (χ2v) is 8.21. The molecule has 0 spiro atoms. The summed E-state index contributed by atoms with van der Waals surface area (Å²) in [4.78, 5) is 17.6. The van der Waals surface area contributed by atoms with E-state index in [2.05, 4.69) is 47.1 Å². The second kappa shape index (κ2) is 11.7. The van der Waals surface area contributed by atoms with Crippen LogP contribution in [-0.4, -0.2) is 42.8 Å². The van der Waals surface area contributed by atoms with Crippen molar-refractivity contribution in [1.29, 1.82) is 0 Å². The molecular formula is C19H31IN4OS. The molecule has 0 aromatic heterocycles. The Labute approximate surface area is 178 Å². The first-order valence-electron chi connectivity index (χ1n) is 9.08. The molecule has 1 aliphatic rings. The van der Waals surface area contributed by atoms with Crippen LogP contribution in [0.25, 0.3) is 0 Å². The monoisotopic (exact) mass is 490 g/mol. The third-order valence-corrected chi connectivity index (χ3v) is 5.47. The highest BCUT2D eigenvalue weighted by Crippen LogP contribution is 2.51. The van der Waals surface area contributed by atoms with Crippen LogP contribution >= 0.6 is 35.7 Å². The number of guanidine groups is 1. The van der Waals surface area contributed by atoms with Crippen molar-refractivity contribution in [3.05, 3.63) is 30.3 Å². The molecule has 0 unspecified atom stereocenters. The van der Waals surface area contributed by atoms with Crippen molar-refractivity contribution in [1.82, 2.24) is 16.0 Å². The zero-order valence-corrected chi connectivity index (χ0v) is 19.0. The van der Waals surface area contributed by atoms with E-state index in [1.807, 2.05) is 31.7 Å². The van der Waals surface area contributed by atoms with Crippen molar-refractivity contribution in [3.8, 4) is 0 Å². The third kappa shape index (κ3) is 8.16. The Kier molecular flexibility index (Phi) is 10.4. The number of nitrogens with zero attached hydrogens (tertiary/aromatic N) is 1. The Bertz CT molecular complexity index is 576. The number of hydrogen-bond acceptors (Lipinski definition) is 3. The van der Waals surface area contributed by atoms with Gasteiger partial charge in [-0.2, -0.15) is 0 Å². The fraction of sp³-hybridized carbons (Fsp3) is 0.579. The summed E-state index contributed by atoms with van der Waals surface area (Å²) >= 11 is 1.93. The van der Waals surface area contributed by atoms with Crippen molar-refractivity contribution in [2.75, 3.05) is 26.2 Å². The molecule has 1 amide bonds. The van der Waals surface area contributed by atoms with E-state index in [0.29, 0.717) is 13.1 Å². The van der Waals surface area contributed by atoms with E-state index in [1.54, 1.807) is 0 Å². The summed E-state index contributed by atoms with van der Waals surface area (Å²) in [6.45, 7) is 8.75. The molecule has 0 radical (unpaired) electrons. The van der Waals surface area contributed by atoms with Crippen LogP contribution in [0, 0.1) is 5.92 Å². The number of carbonyl (C=O) groups excluding carboxylic acids is 1. The summed E-state index contributed by atoms with van der Waals surface area (Å²) in [5.74, 6) is 0.924. The summed E-state index contributed by atoms with van der Waals surface area (Å²) < 4.78 is 0.246. The highest BCUT2D eigenvalue weighted by Gasteiger charge is 2.43. The predicted molar refractivity (Wildman–Crippen MR) is 122 cm³/mol. The molecule has 7 heteroatoms. The van der Waals surface area contributed by atoms with E-state index in [-0.39, 0.29) is 40.5 Å². The number of thioether (sulfide) groups is 1. The van der Waals surface area contributed by atoms with Gasteiger partial charge in [-0.15, -0.1) is 35.7 Å². The number of carbonyl (C=O) groups is 1. The lowest BCUT2D eigenvalue weighted by Crippen LogP contribution is -2.42. The van der Waals surface area contributed by atoms with Gasteiger partial charge in [0.2, 0.25) is 5.91 Å². The van der Waals surface area contributed by atoms with Crippen molar-refractivity contribution in [2.45, 2.75) is 43.3 Å². The lowest BCUT2D eigenvalue weighted by atomic mass is 10.2. The van der Waals surface area contributed by atoms with E-state index in [9.17, 15) is 4.79 Å². The largest absolute Gasteiger partial charge is 0.357 e. The van der Waals surface area contributed by atoms with Gasteiger partial charge in [-0.1, -0.05) is 32.0 Å². The molecule has 26 heavy (non-hydrogen) atoms. The maximum Gasteiger partial charge on any atom is 0.222 e. The fourth-order valence-electron chi connectivity index (χ4n) is 2.31. The maximum absolute atomic E-state index is 11.6. The number of benzene rings is 1. The Hall–Kier alpha value is -0.960. The molecule has 0 aliphatic heterocycles. The molecule has 146 valence electrons. The Morgan fingerprint density at radius 2 is 1.81 bits per heavy atom. The van der Waals surface area contributed by atoms with Crippen LogP contribution in [0.3, 0.4) is 0 Å². The fourth-order valence-corrected chi connectivity index (χ4v) is 3.53. The van der Waals surface area contributed by atoms with Gasteiger partial charge in [0, 0.05) is 35.2 Å². The quantitative estimate of drug-likeness (QED) is 0.215. The molecule has 0 heterocycles. The first kappa shape index (κ1) is 23.1. The minimum Gasteiger partial charge on any atom is -0.357 e. The van der Waals surface area contributed by atoms with Gasteiger partial charge in [-0.25, -0.2) is 0 Å². The van der Waals surface area contributed by atoms with Gasteiger partial charge < -0.3 is 16.0 Å². The zero-order valence-electron chi connectivity index (χ0n) is 15.9. The first-order valence-corrected chi connectivity index (χ1v) is 9.90. The number of amides is 1. The summed E-state index contributed by atoms with van der Waals surface area (Å²) in [5.41, 5.74) is 0. The van der Waals surface area contributed by atoms with Crippen LogP contribution in [0.2, 0.25) is 0 Å². The number of aliphatic imine (C=N–C) groups is 1. The van der Waals surface area contributed by atoms with E-state index < -0.39 is 0 Å². The molecule has 1 aromatic carbocycles. The standard InChI is InChI=1S/C19H30N4OS.HI/c1-4-20-18(22-13-12-21-17(24)15(2)3)23-14-19(10-11-19)25-16-8-6-5-7-9-16;/h5-9,15H,4,10-14H2,1-3H3,(H,21,24)(H2,20,22,23);1H. The van der Waals surface area contributed by atoms with Gasteiger partial charge in [-0.05, 0) is 31.9 Å². The van der Waals surface area contributed by atoms with Gasteiger partial charge in [0.25, 0.3) is 0 Å². The summed E-state index contributed by atoms with van der Waals surface area (Å²) in [7, 11) is 0. The smallest absolute Gasteiger partial charge is 0.222 e. The van der Waals surface area contributed by atoms with Gasteiger partial charge in [0.15, 0.2) is 5.96 Å². The van der Waals surface area contributed by atoms with Crippen molar-refractivity contribution < 1.29 is 4.79 Å². The van der Waals surface area contributed by atoms with Crippen LogP contribution in [0.15, 0.2) is 40.2 Å². The molecular weight excluding hydrogens is 459 g/mol. The summed E-state index contributed by atoms with van der Waals surface area (Å²) in [5, 5.41) is 9.48. The Balaban J connectivity index is 0.00000338. The van der Waals surface area contributed by atoms with Crippen molar-refractivity contribution in [3.63, 3.8) is 0 Å². The average Bonchev–Trinajstić information content (AvgIpc) is 3.36. The summed E-state index contributed by atoms with van der Waals surface area (Å²) in [6.07, 6.45) is 2.42. The summed E-state index contributed by atoms with van der Waals surface area (Å²) in [6, 6.07) is 10.5. The Morgan fingerprint density at radius 3 is 2.38 bits per heavy atom. The Morgan fingerprint density at radius 1 is 1.15 bits per heavy atom. The topological polar surface area (TPSA) is 65.5 Å². The molecule has 3 N–H and O–H groups in total. The highest BCUT2D eigenvalue weighted by atomic mass is 127. The molecule has 1 aromatic rings. The highest BCUT2D eigenvalue weighted by molar-refractivity contribution is 14.0. The van der Waals surface area contributed by atoms with Crippen molar-refractivity contribution in [2.24, 2.45) is 10.9 Å². The lowest BCUT2D eigenvalue weighted by molar-refractivity contribution is -0.123. The molecule has 5 nitrogen and oxygen atoms in total. The van der Waals surface area contributed by atoms with Crippen molar-refractivity contribution >= 4 is 47.6 Å². The lowest BCUT2D eigenvalue weighted by Gasteiger charge is -2.16. The normalized spacial score (nSPS) is 15.2. The molecule has 0 atom stereocenters. The molecule has 0 bridgehead atoms. The van der Waals surface area contributed by atoms with Gasteiger partial charge >= 0.3 is 0 Å². The maximum atomic E-state index is 11.6. The minimum absolute atomic E-state index is 0. The number of nitrogens with one attached hydrogen (secondary N) is 3. The molecule has 1 aliphatic carbocycles. The van der Waals surface area contributed by atoms with E-state index in [0.717, 1.165) is 19.0 Å². The van der Waals surface area contributed by atoms with E-state index in [1.165, 1.54) is 17.7 Å². The SMILES string of the molecule is CCNC(=NCC1(Sc2ccccc2)CC1)NCCNC(=O)C(C)C.I. The van der Waals surface area contributed by atoms with Crippen LogP contribution in [0.5, 0.6) is 0 Å². The van der Waals surface area contributed by atoms with Crippen LogP contribution in [0.1, 0.15) is 33.6 Å². The molecule has 0 saturated heterocycles. The number of hydrogen-bond donors (Lipinski definition) is 3. The van der Waals surface area contributed by atoms with E-state index >= 15 is 0 Å². The van der Waals surface area contributed by atoms with Gasteiger partial charge in [0.05, 0.1) is 6.54 Å². The van der Waals surface area contributed by atoms with Gasteiger partial charge in [-0.3, -0.25) is 9.79 Å². The molecule has 1 fully saturated rings. The van der Waals surface area contributed by atoms with Crippen LogP contribution < -0.4 is 16.0 Å². The minimum atomic E-state index is 0. The predicted octanol–water partition coefficient (Wildman–Crippen LogP) is 3.26. The average molecular weight is 490 g/mol. The third-order valence-electron chi connectivity index (χ3n) is 4.00. The molecule has 2 rings (SSSR count). The number of rotatable bonds is 9. The number of halogens is 1. The van der Waals surface area contributed by atoms with Crippen LogP contribution in [-0.2, 0) is 4.79 Å². The van der Waals surface area contributed by atoms with Gasteiger partial charge in [0.1, 0.15) is 0 Å². The van der Waals surface area contributed by atoms with E-state index in [4.69, 9.17) is 4.99 Å².